The van der Waals surface area contributed by atoms with Gasteiger partial charge in [-0.25, -0.2) is 0 Å². The lowest BCUT2D eigenvalue weighted by Gasteiger charge is -2.40. The van der Waals surface area contributed by atoms with Gasteiger partial charge in [-0.3, -0.25) is 4.79 Å². The smallest absolute Gasteiger partial charge is 0.220 e. The number of hydrogen-bond donors (Lipinski definition) is 5. The third-order valence-electron chi connectivity index (χ3n) is 2.93. The van der Waals surface area contributed by atoms with Gasteiger partial charge in [-0.05, 0) is 6.92 Å². The number of aliphatic hydroxyl groups excluding tert-OH is 4. The predicted octanol–water partition coefficient (Wildman–Crippen LogP) is -2.73. The predicted molar refractivity (Wildman–Crippen MR) is 61.8 cm³/mol. The van der Waals surface area contributed by atoms with Crippen molar-refractivity contribution < 1.29 is 34.8 Å². The Labute approximate surface area is 110 Å². The van der Waals surface area contributed by atoms with E-state index in [-0.39, 0.29) is 18.6 Å². The number of nitrogens with one attached hydrogen (secondary N) is 1. The first-order valence-electron chi connectivity index (χ1n) is 5.96. The van der Waals surface area contributed by atoms with Gasteiger partial charge in [-0.15, -0.1) is 0 Å². The average molecular weight is 277 g/mol. The fraction of sp³-hybridized carbons (Fsp3) is 0.818. The monoisotopic (exact) mass is 277 g/mol. The van der Waals surface area contributed by atoms with E-state index in [9.17, 15) is 24.9 Å². The molecule has 1 saturated heterocycles. The molecule has 5 N–H and O–H groups in total. The van der Waals surface area contributed by atoms with Crippen LogP contribution in [0.4, 0.5) is 0 Å². The highest BCUT2D eigenvalue weighted by Crippen LogP contribution is 2.19. The van der Waals surface area contributed by atoms with E-state index in [1.165, 1.54) is 6.92 Å². The van der Waals surface area contributed by atoms with Crippen LogP contribution in [-0.2, 0) is 14.3 Å². The van der Waals surface area contributed by atoms with E-state index < -0.39 is 43.2 Å². The standard InChI is InChI=1S/C11H19NO7/c1-5(14)2-3-7(15)12-8-10(17)9(16)6(4-13)19-11(8)18/h6,8-11,13,16-18H,2-4H2,1H3,(H,12,15)/t6?,8?,9-,10?,11-/m1/s1. The van der Waals surface area contributed by atoms with Crippen LogP contribution in [0.2, 0.25) is 0 Å². The van der Waals surface area contributed by atoms with Crippen LogP contribution in [0, 0.1) is 0 Å². The molecule has 5 atom stereocenters. The van der Waals surface area contributed by atoms with Crippen molar-refractivity contribution in [3.05, 3.63) is 0 Å². The quantitative estimate of drug-likeness (QED) is 0.368. The molecule has 19 heavy (non-hydrogen) atoms. The molecule has 0 spiro atoms. The van der Waals surface area contributed by atoms with Gasteiger partial charge in [0.2, 0.25) is 5.91 Å². The summed E-state index contributed by atoms with van der Waals surface area (Å²) in [6.45, 7) is 0.774. The Morgan fingerprint density at radius 3 is 2.32 bits per heavy atom. The minimum atomic E-state index is -1.54. The first-order chi connectivity index (χ1) is 8.86. The number of ketones is 1. The van der Waals surface area contributed by atoms with Gasteiger partial charge in [0.25, 0.3) is 0 Å². The van der Waals surface area contributed by atoms with Crippen LogP contribution in [0.1, 0.15) is 19.8 Å². The summed E-state index contributed by atoms with van der Waals surface area (Å²) in [7, 11) is 0. The molecule has 0 aromatic heterocycles. The second kappa shape index (κ2) is 6.92. The summed E-state index contributed by atoms with van der Waals surface area (Å²) in [4.78, 5) is 22.2. The van der Waals surface area contributed by atoms with Crippen molar-refractivity contribution in [1.29, 1.82) is 0 Å². The van der Waals surface area contributed by atoms with Crippen molar-refractivity contribution >= 4 is 11.7 Å². The van der Waals surface area contributed by atoms with E-state index in [1.807, 2.05) is 0 Å². The van der Waals surface area contributed by atoms with Gasteiger partial charge < -0.3 is 35.3 Å². The zero-order valence-electron chi connectivity index (χ0n) is 10.5. The molecular weight excluding hydrogens is 258 g/mol. The molecule has 0 aromatic carbocycles. The summed E-state index contributed by atoms with van der Waals surface area (Å²) < 4.78 is 4.87. The number of carbonyl (C=O) groups is 2. The Morgan fingerprint density at radius 2 is 1.79 bits per heavy atom. The van der Waals surface area contributed by atoms with Crippen LogP contribution >= 0.6 is 0 Å². The number of aliphatic hydroxyl groups is 4. The first kappa shape index (κ1) is 16.0. The molecular formula is C11H19NO7. The van der Waals surface area contributed by atoms with Gasteiger partial charge in [-0.2, -0.15) is 0 Å². The topological polar surface area (TPSA) is 136 Å². The summed E-state index contributed by atoms with van der Waals surface area (Å²) >= 11 is 0. The highest BCUT2D eigenvalue weighted by molar-refractivity contribution is 5.83. The molecule has 110 valence electrons. The van der Waals surface area contributed by atoms with E-state index in [1.54, 1.807) is 0 Å². The van der Waals surface area contributed by atoms with Gasteiger partial charge in [-0.1, -0.05) is 0 Å². The van der Waals surface area contributed by atoms with E-state index in [0.717, 1.165) is 0 Å². The SMILES string of the molecule is CC(=O)CCC(=O)NC1C(O)[C@H](O)C(CO)O[C@H]1O. The molecule has 1 aliphatic rings. The minimum absolute atomic E-state index is 0.0490. The van der Waals surface area contributed by atoms with Crippen LogP contribution in [0.25, 0.3) is 0 Å². The Bertz CT molecular complexity index is 335. The van der Waals surface area contributed by atoms with Crippen LogP contribution in [0.5, 0.6) is 0 Å². The fourth-order valence-electron chi connectivity index (χ4n) is 1.80. The van der Waals surface area contributed by atoms with E-state index >= 15 is 0 Å². The molecule has 1 rings (SSSR count). The largest absolute Gasteiger partial charge is 0.394 e. The number of Topliss-reactive ketones (excluding diaryl/α,β-unsaturated/α-hetero) is 1. The van der Waals surface area contributed by atoms with Gasteiger partial charge in [0.15, 0.2) is 6.29 Å². The number of hydrogen-bond acceptors (Lipinski definition) is 7. The number of amides is 1. The number of ether oxygens (including phenoxy) is 1. The summed E-state index contributed by atoms with van der Waals surface area (Å²) in [6, 6.07) is -1.21. The lowest BCUT2D eigenvalue weighted by atomic mass is 9.97. The van der Waals surface area contributed by atoms with E-state index in [4.69, 9.17) is 9.84 Å². The molecule has 1 aliphatic heterocycles. The molecule has 1 heterocycles. The maximum atomic E-state index is 11.5. The van der Waals surface area contributed by atoms with E-state index in [0.29, 0.717) is 0 Å². The molecule has 3 unspecified atom stereocenters. The Balaban J connectivity index is 2.57. The maximum Gasteiger partial charge on any atom is 0.220 e. The number of carbonyl (C=O) groups excluding carboxylic acids is 2. The van der Waals surface area contributed by atoms with Crippen molar-refractivity contribution in [2.75, 3.05) is 6.61 Å². The molecule has 1 fully saturated rings. The van der Waals surface area contributed by atoms with Gasteiger partial charge in [0.1, 0.15) is 30.1 Å². The average Bonchev–Trinajstić information content (AvgIpc) is 2.36. The Morgan fingerprint density at radius 1 is 1.16 bits per heavy atom. The zero-order valence-corrected chi connectivity index (χ0v) is 10.5. The Hall–Kier alpha value is -1.06. The molecule has 8 nitrogen and oxygen atoms in total. The molecule has 0 aliphatic carbocycles. The first-order valence-corrected chi connectivity index (χ1v) is 5.96. The van der Waals surface area contributed by atoms with Crippen molar-refractivity contribution in [3.8, 4) is 0 Å². The van der Waals surface area contributed by atoms with Crippen LogP contribution in [-0.4, -0.2) is 69.4 Å². The minimum Gasteiger partial charge on any atom is -0.394 e. The highest BCUT2D eigenvalue weighted by atomic mass is 16.6. The van der Waals surface area contributed by atoms with Crippen LogP contribution in [0.15, 0.2) is 0 Å². The normalized spacial score (nSPS) is 34.9. The summed E-state index contributed by atoms with van der Waals surface area (Å²) in [6.07, 6.45) is -5.58. The summed E-state index contributed by atoms with van der Waals surface area (Å²) in [5, 5.41) is 40.1. The van der Waals surface area contributed by atoms with Crippen molar-refractivity contribution in [1.82, 2.24) is 5.32 Å². The summed E-state index contributed by atoms with van der Waals surface area (Å²) in [5.41, 5.74) is 0. The molecule has 0 saturated carbocycles. The van der Waals surface area contributed by atoms with Crippen molar-refractivity contribution in [3.63, 3.8) is 0 Å². The molecule has 0 aromatic rings. The van der Waals surface area contributed by atoms with Crippen molar-refractivity contribution in [2.45, 2.75) is 50.4 Å². The maximum absolute atomic E-state index is 11.5. The zero-order chi connectivity index (χ0) is 14.6. The second-order valence-electron chi connectivity index (χ2n) is 4.52. The van der Waals surface area contributed by atoms with Gasteiger partial charge in [0.05, 0.1) is 6.61 Å². The lowest BCUT2D eigenvalue weighted by Crippen LogP contribution is -2.64. The van der Waals surface area contributed by atoms with Gasteiger partial charge >= 0.3 is 0 Å². The molecule has 1 amide bonds. The second-order valence-corrected chi connectivity index (χ2v) is 4.52. The van der Waals surface area contributed by atoms with Gasteiger partial charge in [0, 0.05) is 12.8 Å². The highest BCUT2D eigenvalue weighted by Gasteiger charge is 2.44. The third-order valence-corrected chi connectivity index (χ3v) is 2.93. The van der Waals surface area contributed by atoms with E-state index in [2.05, 4.69) is 5.32 Å². The molecule has 0 radical (unpaired) electrons. The molecule has 8 heteroatoms. The number of rotatable bonds is 5. The van der Waals surface area contributed by atoms with Crippen LogP contribution in [0.3, 0.4) is 0 Å². The Kier molecular flexibility index (Phi) is 5.83. The van der Waals surface area contributed by atoms with Crippen LogP contribution < -0.4 is 5.32 Å². The molecule has 0 bridgehead atoms. The summed E-state index contributed by atoms with van der Waals surface area (Å²) in [5.74, 6) is -0.701. The lowest BCUT2D eigenvalue weighted by molar-refractivity contribution is -0.253. The third kappa shape index (κ3) is 4.22. The van der Waals surface area contributed by atoms with Crippen molar-refractivity contribution in [2.24, 2.45) is 0 Å². The fourth-order valence-corrected chi connectivity index (χ4v) is 1.80.